The summed E-state index contributed by atoms with van der Waals surface area (Å²) in [7, 11) is -2.42. The predicted octanol–water partition coefficient (Wildman–Crippen LogP) is 3.79. The van der Waals surface area contributed by atoms with Gasteiger partial charge in [0.25, 0.3) is 0 Å². The highest BCUT2D eigenvalue weighted by molar-refractivity contribution is 8.72. The summed E-state index contributed by atoms with van der Waals surface area (Å²) in [6.07, 6.45) is 0. The highest BCUT2D eigenvalue weighted by Crippen LogP contribution is 2.34. The van der Waals surface area contributed by atoms with Crippen molar-refractivity contribution < 1.29 is 8.42 Å². The summed E-state index contributed by atoms with van der Waals surface area (Å²) in [5, 5.41) is 0.326. The second-order valence-corrected chi connectivity index (χ2v) is 8.74. The van der Waals surface area contributed by atoms with E-state index < -0.39 is 8.87 Å². The summed E-state index contributed by atoms with van der Waals surface area (Å²) in [5.74, 6) is 0. The zero-order valence-electron chi connectivity index (χ0n) is 9.74. The normalized spacial score (nSPS) is 12.1. The van der Waals surface area contributed by atoms with Crippen molar-refractivity contribution in [3.05, 3.63) is 28.3 Å². The average Bonchev–Trinajstić information content (AvgIpc) is 1.96. The van der Waals surface area contributed by atoms with Crippen LogP contribution in [0.25, 0.3) is 0 Å². The van der Waals surface area contributed by atoms with Crippen LogP contribution in [-0.2, 0) is 8.87 Å². The minimum atomic E-state index is -3.35. The maximum absolute atomic E-state index is 12.1. The molecule has 1 rings (SSSR count). The Bertz CT molecular complexity index is 470. The van der Waals surface area contributed by atoms with Gasteiger partial charge < -0.3 is 0 Å². The van der Waals surface area contributed by atoms with Gasteiger partial charge in [-0.15, -0.1) is 0 Å². The van der Waals surface area contributed by atoms with Crippen LogP contribution in [-0.4, -0.2) is 13.7 Å². The Kier molecular flexibility index (Phi) is 4.32. The van der Waals surface area contributed by atoms with E-state index in [1.807, 2.05) is 26.8 Å². The summed E-state index contributed by atoms with van der Waals surface area (Å²) in [6, 6.07) is 3.52. The number of hydrogen-bond donors (Lipinski definition) is 0. The van der Waals surface area contributed by atoms with Crippen LogP contribution in [0.15, 0.2) is 17.0 Å². The fraction of sp³-hybridized carbons (Fsp3) is 0.455. The first-order valence-electron chi connectivity index (χ1n) is 4.94. The molecule has 0 saturated carbocycles. The molecule has 0 aliphatic carbocycles. The Hall–Kier alpha value is -0.190. The molecule has 0 aliphatic heterocycles. The van der Waals surface area contributed by atoms with E-state index in [4.69, 9.17) is 11.6 Å². The smallest absolute Gasteiger partial charge is 0.212 e. The van der Waals surface area contributed by atoms with Crippen LogP contribution < -0.4 is 0 Å². The van der Waals surface area contributed by atoms with Crippen molar-refractivity contribution >= 4 is 31.3 Å². The van der Waals surface area contributed by atoms with Crippen molar-refractivity contribution in [2.75, 3.05) is 0 Å². The number of aryl methyl sites for hydroxylation is 2. The molecule has 1 aromatic carbocycles. The van der Waals surface area contributed by atoms with Crippen LogP contribution >= 0.6 is 22.4 Å². The lowest BCUT2D eigenvalue weighted by molar-refractivity contribution is 0.610. The molecule has 0 saturated heterocycles. The first kappa shape index (κ1) is 13.9. The van der Waals surface area contributed by atoms with E-state index in [2.05, 4.69) is 0 Å². The molecule has 1 aromatic rings. The number of halogens is 1. The lowest BCUT2D eigenvalue weighted by atomic mass is 10.2. The molecule has 0 fully saturated rings. The zero-order valence-corrected chi connectivity index (χ0v) is 12.1. The molecule has 0 aromatic heterocycles. The van der Waals surface area contributed by atoms with Gasteiger partial charge in [-0.1, -0.05) is 31.5 Å². The number of rotatable bonds is 3. The lowest BCUT2D eigenvalue weighted by Crippen LogP contribution is -2.03. The van der Waals surface area contributed by atoms with E-state index in [1.54, 1.807) is 13.0 Å². The van der Waals surface area contributed by atoms with E-state index in [9.17, 15) is 8.42 Å². The van der Waals surface area contributed by atoms with Gasteiger partial charge in [-0.3, -0.25) is 0 Å². The monoisotopic (exact) mass is 278 g/mol. The van der Waals surface area contributed by atoms with Crippen LogP contribution in [0, 0.1) is 13.8 Å². The van der Waals surface area contributed by atoms with Gasteiger partial charge in [0, 0.05) is 5.25 Å². The molecular formula is C11H15ClO2S2. The van der Waals surface area contributed by atoms with Crippen molar-refractivity contribution in [3.63, 3.8) is 0 Å². The molecule has 90 valence electrons. The van der Waals surface area contributed by atoms with Crippen LogP contribution in [0.2, 0.25) is 5.02 Å². The van der Waals surface area contributed by atoms with Gasteiger partial charge in [-0.2, -0.15) is 0 Å². The Labute approximate surface area is 106 Å². The van der Waals surface area contributed by atoms with Gasteiger partial charge in [-0.25, -0.2) is 8.42 Å². The average molecular weight is 279 g/mol. The molecule has 0 unspecified atom stereocenters. The summed E-state index contributed by atoms with van der Waals surface area (Å²) >= 11 is 6.01. The van der Waals surface area contributed by atoms with Crippen LogP contribution in [0.4, 0.5) is 0 Å². The first-order valence-corrected chi connectivity index (χ1v) is 8.20. The third kappa shape index (κ3) is 3.15. The van der Waals surface area contributed by atoms with Crippen LogP contribution in [0.5, 0.6) is 0 Å². The summed E-state index contributed by atoms with van der Waals surface area (Å²) in [6.45, 7) is 7.36. The van der Waals surface area contributed by atoms with E-state index in [0.29, 0.717) is 10.6 Å². The van der Waals surface area contributed by atoms with E-state index >= 15 is 0 Å². The Morgan fingerprint density at radius 3 is 2.25 bits per heavy atom. The Morgan fingerprint density at radius 2 is 1.81 bits per heavy atom. The molecule has 0 N–H and O–H groups in total. The van der Waals surface area contributed by atoms with Gasteiger partial charge in [0.15, 0.2) is 0 Å². The van der Waals surface area contributed by atoms with Crippen molar-refractivity contribution in [1.29, 1.82) is 0 Å². The first-order chi connectivity index (χ1) is 7.24. The molecule has 2 nitrogen and oxygen atoms in total. The molecule has 16 heavy (non-hydrogen) atoms. The zero-order chi connectivity index (χ0) is 12.5. The molecule has 0 heterocycles. The minimum absolute atomic E-state index is 0.0155. The largest absolute Gasteiger partial charge is 0.231 e. The predicted molar refractivity (Wildman–Crippen MR) is 70.8 cm³/mol. The van der Waals surface area contributed by atoms with Gasteiger partial charge in [0.2, 0.25) is 8.87 Å². The lowest BCUT2D eigenvalue weighted by Gasteiger charge is -2.11. The second kappa shape index (κ2) is 4.98. The van der Waals surface area contributed by atoms with Crippen LogP contribution in [0.1, 0.15) is 25.0 Å². The third-order valence-corrected chi connectivity index (χ3v) is 6.45. The molecule has 0 bridgehead atoms. The fourth-order valence-corrected chi connectivity index (χ4v) is 6.11. The molecule has 0 spiro atoms. The van der Waals surface area contributed by atoms with Crippen molar-refractivity contribution in [3.8, 4) is 0 Å². The van der Waals surface area contributed by atoms with Gasteiger partial charge in [-0.05, 0) is 41.8 Å². The molecule has 0 amide bonds. The summed E-state index contributed by atoms with van der Waals surface area (Å²) in [4.78, 5) is 0.249. The molecular weight excluding hydrogens is 264 g/mol. The molecule has 0 radical (unpaired) electrons. The maximum atomic E-state index is 12.1. The topological polar surface area (TPSA) is 34.1 Å². The number of benzene rings is 1. The van der Waals surface area contributed by atoms with Gasteiger partial charge in [0.05, 0.1) is 9.92 Å². The van der Waals surface area contributed by atoms with Crippen LogP contribution in [0.3, 0.4) is 0 Å². The quantitative estimate of drug-likeness (QED) is 0.789. The van der Waals surface area contributed by atoms with E-state index in [-0.39, 0.29) is 10.1 Å². The Morgan fingerprint density at radius 1 is 1.25 bits per heavy atom. The number of hydrogen-bond acceptors (Lipinski definition) is 3. The summed E-state index contributed by atoms with van der Waals surface area (Å²) in [5.41, 5.74) is 1.68. The third-order valence-electron chi connectivity index (χ3n) is 1.94. The van der Waals surface area contributed by atoms with E-state index in [0.717, 1.165) is 16.4 Å². The molecule has 0 atom stereocenters. The van der Waals surface area contributed by atoms with Gasteiger partial charge in [0.1, 0.15) is 0 Å². The fourth-order valence-electron chi connectivity index (χ4n) is 1.52. The second-order valence-electron chi connectivity index (χ2n) is 3.99. The van der Waals surface area contributed by atoms with Gasteiger partial charge >= 0.3 is 0 Å². The maximum Gasteiger partial charge on any atom is 0.231 e. The highest BCUT2D eigenvalue weighted by Gasteiger charge is 2.23. The van der Waals surface area contributed by atoms with Crippen molar-refractivity contribution in [1.82, 2.24) is 0 Å². The SMILES string of the molecule is Cc1cc(C)c(S(=O)(=O)SC(C)C)c(Cl)c1. The van der Waals surface area contributed by atoms with E-state index in [1.165, 1.54) is 0 Å². The Balaban J connectivity index is 3.34. The molecule has 0 aliphatic rings. The van der Waals surface area contributed by atoms with Crippen molar-refractivity contribution in [2.24, 2.45) is 0 Å². The minimum Gasteiger partial charge on any atom is -0.212 e. The standard InChI is InChI=1S/C11H15ClO2S2/c1-7(2)15-16(13,14)11-9(4)5-8(3)6-10(11)12/h5-7H,1-4H3. The highest BCUT2D eigenvalue weighted by atomic mass is 35.5. The van der Waals surface area contributed by atoms with Crippen molar-refractivity contribution in [2.45, 2.75) is 37.8 Å². The summed E-state index contributed by atoms with van der Waals surface area (Å²) < 4.78 is 24.1. The molecule has 5 heteroatoms.